The van der Waals surface area contributed by atoms with Crippen LogP contribution in [-0.2, 0) is 16.6 Å². The lowest BCUT2D eigenvalue weighted by Gasteiger charge is -2.21. The summed E-state index contributed by atoms with van der Waals surface area (Å²) in [6, 6.07) is -0.586. The molecule has 2 amide bonds. The fourth-order valence-corrected chi connectivity index (χ4v) is 1.21. The number of anilines is 1. The van der Waals surface area contributed by atoms with E-state index in [2.05, 4.69) is 15.7 Å². The molecule has 0 fully saturated rings. The van der Waals surface area contributed by atoms with Crippen molar-refractivity contribution < 1.29 is 9.59 Å². The minimum atomic E-state index is -0.586. The van der Waals surface area contributed by atoms with Gasteiger partial charge in [-0.15, -0.1) is 0 Å². The van der Waals surface area contributed by atoms with Gasteiger partial charge in [-0.25, -0.2) is 0 Å². The topological polar surface area (TPSA) is 76.0 Å². The Morgan fingerprint density at radius 2 is 2.00 bits per heavy atom. The number of hydrogen-bond acceptors (Lipinski definition) is 3. The second-order valence-corrected chi connectivity index (χ2v) is 5.34. The monoisotopic (exact) mass is 252 g/mol. The molecule has 0 spiro atoms. The quantitative estimate of drug-likeness (QED) is 0.839. The van der Waals surface area contributed by atoms with Gasteiger partial charge in [0.05, 0.1) is 11.9 Å². The average Bonchev–Trinajstić information content (AvgIpc) is 2.62. The zero-order valence-corrected chi connectivity index (χ0v) is 11.4. The molecule has 0 unspecified atom stereocenters. The molecule has 0 saturated heterocycles. The molecule has 6 nitrogen and oxygen atoms in total. The number of nitrogens with zero attached hydrogens (tertiary/aromatic N) is 2. The van der Waals surface area contributed by atoms with Crippen molar-refractivity contribution in [3.63, 3.8) is 0 Å². The number of carbonyl (C=O) groups is 2. The highest BCUT2D eigenvalue weighted by Crippen LogP contribution is 2.13. The molecule has 0 aromatic carbocycles. The Labute approximate surface area is 107 Å². The lowest BCUT2D eigenvalue weighted by atomic mass is 9.95. The summed E-state index contributed by atoms with van der Waals surface area (Å²) in [5, 5.41) is 9.29. The maximum Gasteiger partial charge on any atom is 0.246 e. The SMILES string of the molecule is C[C@@H](NC(=O)C(C)(C)C)C(=O)Nc1cnn(C)c1. The third-order valence-corrected chi connectivity index (χ3v) is 2.39. The van der Waals surface area contributed by atoms with E-state index in [4.69, 9.17) is 0 Å². The summed E-state index contributed by atoms with van der Waals surface area (Å²) < 4.78 is 1.59. The van der Waals surface area contributed by atoms with E-state index in [1.807, 2.05) is 0 Å². The molecule has 18 heavy (non-hydrogen) atoms. The van der Waals surface area contributed by atoms with Crippen molar-refractivity contribution >= 4 is 17.5 Å². The first-order chi connectivity index (χ1) is 8.20. The molecule has 0 aliphatic carbocycles. The Morgan fingerprint density at radius 3 is 2.44 bits per heavy atom. The van der Waals surface area contributed by atoms with Crippen LogP contribution in [0.1, 0.15) is 27.7 Å². The number of amides is 2. The summed E-state index contributed by atoms with van der Waals surface area (Å²) >= 11 is 0. The van der Waals surface area contributed by atoms with Gasteiger partial charge in [0, 0.05) is 18.7 Å². The molecule has 0 radical (unpaired) electrons. The van der Waals surface area contributed by atoms with Gasteiger partial charge in [0.25, 0.3) is 0 Å². The largest absolute Gasteiger partial charge is 0.344 e. The first-order valence-electron chi connectivity index (χ1n) is 5.80. The van der Waals surface area contributed by atoms with Gasteiger partial charge in [0.2, 0.25) is 11.8 Å². The van der Waals surface area contributed by atoms with Gasteiger partial charge < -0.3 is 10.6 Å². The van der Waals surface area contributed by atoms with Crippen molar-refractivity contribution in [1.82, 2.24) is 15.1 Å². The molecule has 0 aliphatic rings. The van der Waals surface area contributed by atoms with Gasteiger partial charge in [0.15, 0.2) is 0 Å². The lowest BCUT2D eigenvalue weighted by molar-refractivity contribution is -0.131. The Bertz CT molecular complexity index is 445. The van der Waals surface area contributed by atoms with Gasteiger partial charge in [-0.3, -0.25) is 14.3 Å². The van der Waals surface area contributed by atoms with E-state index in [0.29, 0.717) is 5.69 Å². The van der Waals surface area contributed by atoms with E-state index in [0.717, 1.165) is 0 Å². The Balaban J connectivity index is 2.54. The normalized spacial score (nSPS) is 12.9. The molecule has 6 heteroatoms. The molecule has 1 atom stereocenters. The Morgan fingerprint density at radius 1 is 1.39 bits per heavy atom. The van der Waals surface area contributed by atoms with Gasteiger partial charge in [0.1, 0.15) is 6.04 Å². The minimum absolute atomic E-state index is 0.156. The van der Waals surface area contributed by atoms with E-state index >= 15 is 0 Å². The molecular formula is C12H20N4O2. The molecule has 100 valence electrons. The van der Waals surface area contributed by atoms with Crippen molar-refractivity contribution in [1.29, 1.82) is 0 Å². The summed E-state index contributed by atoms with van der Waals surface area (Å²) in [7, 11) is 1.76. The molecular weight excluding hydrogens is 232 g/mol. The van der Waals surface area contributed by atoms with Crippen molar-refractivity contribution in [2.24, 2.45) is 12.5 Å². The van der Waals surface area contributed by atoms with Crippen LogP contribution in [-0.4, -0.2) is 27.6 Å². The van der Waals surface area contributed by atoms with Gasteiger partial charge in [-0.05, 0) is 6.92 Å². The van der Waals surface area contributed by atoms with Crippen LogP contribution in [0.4, 0.5) is 5.69 Å². The second kappa shape index (κ2) is 5.20. The number of hydrogen-bond donors (Lipinski definition) is 2. The summed E-state index contributed by atoms with van der Waals surface area (Å²) in [6.45, 7) is 7.05. The third-order valence-electron chi connectivity index (χ3n) is 2.39. The molecule has 1 rings (SSSR count). The number of carbonyl (C=O) groups excluding carboxylic acids is 2. The van der Waals surface area contributed by atoms with Crippen molar-refractivity contribution in [3.8, 4) is 0 Å². The zero-order valence-electron chi connectivity index (χ0n) is 11.4. The highest BCUT2D eigenvalue weighted by molar-refractivity contribution is 5.97. The van der Waals surface area contributed by atoms with E-state index < -0.39 is 11.5 Å². The van der Waals surface area contributed by atoms with Crippen LogP contribution in [0.3, 0.4) is 0 Å². The number of aromatic nitrogens is 2. The predicted octanol–water partition coefficient (Wildman–Crippen LogP) is 0.909. The Hall–Kier alpha value is -1.85. The summed E-state index contributed by atoms with van der Waals surface area (Å²) in [5.74, 6) is -0.420. The van der Waals surface area contributed by atoms with Crippen LogP contribution in [0.5, 0.6) is 0 Å². The third kappa shape index (κ3) is 3.87. The molecule has 0 aliphatic heterocycles. The average molecular weight is 252 g/mol. The van der Waals surface area contributed by atoms with E-state index in [-0.39, 0.29) is 11.8 Å². The molecule has 2 N–H and O–H groups in total. The van der Waals surface area contributed by atoms with Crippen molar-refractivity contribution in [2.75, 3.05) is 5.32 Å². The lowest BCUT2D eigenvalue weighted by Crippen LogP contribution is -2.46. The van der Waals surface area contributed by atoms with Gasteiger partial charge in [-0.1, -0.05) is 20.8 Å². The molecule has 1 aromatic rings. The number of aryl methyl sites for hydroxylation is 1. The first-order valence-corrected chi connectivity index (χ1v) is 5.80. The number of rotatable bonds is 3. The van der Waals surface area contributed by atoms with Crippen LogP contribution in [0.25, 0.3) is 0 Å². The maximum absolute atomic E-state index is 11.8. The van der Waals surface area contributed by atoms with Crippen LogP contribution in [0.2, 0.25) is 0 Å². The highest BCUT2D eigenvalue weighted by Gasteiger charge is 2.25. The van der Waals surface area contributed by atoms with Crippen LogP contribution in [0, 0.1) is 5.41 Å². The highest BCUT2D eigenvalue weighted by atomic mass is 16.2. The molecule has 1 heterocycles. The van der Waals surface area contributed by atoms with Crippen molar-refractivity contribution in [2.45, 2.75) is 33.7 Å². The number of nitrogens with one attached hydrogen (secondary N) is 2. The Kier molecular flexibility index (Phi) is 4.11. The zero-order chi connectivity index (χ0) is 13.9. The van der Waals surface area contributed by atoms with Crippen molar-refractivity contribution in [3.05, 3.63) is 12.4 Å². The minimum Gasteiger partial charge on any atom is -0.344 e. The summed E-state index contributed by atoms with van der Waals surface area (Å²) in [5.41, 5.74) is 0.0994. The van der Waals surface area contributed by atoms with E-state index in [1.165, 1.54) is 0 Å². The predicted molar refractivity (Wildman–Crippen MR) is 68.9 cm³/mol. The second-order valence-electron chi connectivity index (χ2n) is 5.34. The standard InChI is InChI=1S/C12H20N4O2/c1-8(14-11(18)12(2,3)4)10(17)15-9-6-13-16(5)7-9/h6-8H,1-5H3,(H,14,18)(H,15,17)/t8-/m1/s1. The summed E-state index contributed by atoms with van der Waals surface area (Å²) in [4.78, 5) is 23.5. The van der Waals surface area contributed by atoms with Crippen LogP contribution < -0.4 is 10.6 Å². The molecule has 1 aromatic heterocycles. The van der Waals surface area contributed by atoms with E-state index in [9.17, 15) is 9.59 Å². The molecule has 0 saturated carbocycles. The smallest absolute Gasteiger partial charge is 0.246 e. The van der Waals surface area contributed by atoms with E-state index in [1.54, 1.807) is 51.8 Å². The maximum atomic E-state index is 11.8. The first kappa shape index (κ1) is 14.2. The van der Waals surface area contributed by atoms with Gasteiger partial charge in [-0.2, -0.15) is 5.10 Å². The van der Waals surface area contributed by atoms with Crippen LogP contribution >= 0.6 is 0 Å². The molecule has 0 bridgehead atoms. The summed E-state index contributed by atoms with van der Waals surface area (Å²) in [6.07, 6.45) is 3.24. The van der Waals surface area contributed by atoms with Crippen LogP contribution in [0.15, 0.2) is 12.4 Å². The fraction of sp³-hybridized carbons (Fsp3) is 0.583. The fourth-order valence-electron chi connectivity index (χ4n) is 1.21. The van der Waals surface area contributed by atoms with Gasteiger partial charge >= 0.3 is 0 Å².